The molecule has 4 aromatic carbocycles. The fraction of sp³-hybridized carbons (Fsp3) is 0.317. The molecule has 1 aliphatic heterocycles. The molecule has 0 atom stereocenters. The molecule has 9 rings (SSSR count). The van der Waals surface area contributed by atoms with Crippen molar-refractivity contribution in [2.24, 2.45) is 4.99 Å². The third-order valence-corrected chi connectivity index (χ3v) is 13.2. The molecule has 0 spiro atoms. The Morgan fingerprint density at radius 2 is 1.23 bits per heavy atom. The van der Waals surface area contributed by atoms with Crippen molar-refractivity contribution in [1.29, 1.82) is 0 Å². The Balaban J connectivity index is 0.000000219. The Morgan fingerprint density at radius 1 is 0.726 bits per heavy atom. The van der Waals surface area contributed by atoms with E-state index in [4.69, 9.17) is 54.6 Å². The van der Waals surface area contributed by atoms with Crippen LogP contribution >= 0.6 is 24.4 Å². The molecule has 0 radical (unpaired) electrons. The number of aryl methyl sites for hydroxylation is 7. The highest BCUT2D eigenvalue weighted by atomic mass is 32.1. The Kier molecular flexibility index (Phi) is 22.1. The van der Waals surface area contributed by atoms with Crippen molar-refractivity contribution in [1.82, 2.24) is 39.2 Å². The molecular weight excluding hydrogens is 1110 g/mol. The van der Waals surface area contributed by atoms with E-state index in [2.05, 4.69) is 64.0 Å². The molecule has 3 N–H and O–H groups in total. The fourth-order valence-electron chi connectivity index (χ4n) is 8.93. The van der Waals surface area contributed by atoms with Gasteiger partial charge >= 0.3 is 5.97 Å². The molecule has 0 aliphatic carbocycles. The van der Waals surface area contributed by atoms with Crippen LogP contribution in [0.25, 0.3) is 43.5 Å². The first kappa shape index (κ1) is 63.4. The normalized spacial score (nSPS) is 11.5. The standard InChI is InChI=1S/C28H27N7O3S.C21H26N4O4.C9H6N2S.C2H4O2/c1-6-8-23-30-17(4)25-27(37)31-26(32-35(23)25)20-14-18(10-12-22(20)38-7-2)33-15-24(36)34(28(33)39)19-9-11-21(29-5)16(3)13-19;1-5-7-17-22-13(3)19-21(27)23-20(24-25(17)19)15-12-14(9-11-18(26)28-4)8-10-16(15)29-6-2;1-7-5-8(11-6-12)3-4-9(7)10-2;1-2(3)4/h9-14H,6-8,15H2,1-4H3,(H,31,32,37);8,10,12H,5-7,9,11H2,1-4H3,(H,23,24,27);3-5H,1H3;1H3,(H,3,4). The van der Waals surface area contributed by atoms with Crippen LogP contribution in [0.3, 0.4) is 0 Å². The number of ether oxygens (including phenoxy) is 3. The van der Waals surface area contributed by atoms with Crippen molar-refractivity contribution in [2.45, 2.75) is 101 Å². The average Bonchev–Trinajstić information content (AvgIpc) is 2.97. The van der Waals surface area contributed by atoms with Gasteiger partial charge in [0.2, 0.25) is 0 Å². The van der Waals surface area contributed by atoms with E-state index < -0.39 is 5.97 Å². The number of aromatic nitrogens is 8. The number of carboxylic acids is 1. The molecule has 0 bridgehead atoms. The number of rotatable bonds is 16. The van der Waals surface area contributed by atoms with Crippen molar-refractivity contribution >= 4 is 92.0 Å². The van der Waals surface area contributed by atoms with Crippen LogP contribution in [0.5, 0.6) is 11.5 Å². The maximum absolute atomic E-state index is 13.1. The molecule has 1 amide bonds. The Morgan fingerprint density at radius 3 is 1.70 bits per heavy atom. The summed E-state index contributed by atoms with van der Waals surface area (Å²) in [6.07, 6.45) is 3.95. The van der Waals surface area contributed by atoms with Gasteiger partial charge in [-0.2, -0.15) is 4.99 Å². The number of benzene rings is 4. The van der Waals surface area contributed by atoms with Crippen molar-refractivity contribution in [3.8, 4) is 34.3 Å². The highest BCUT2D eigenvalue weighted by Crippen LogP contribution is 2.36. The monoisotopic (exact) mass is 1170 g/mol. The molecule has 4 aromatic heterocycles. The number of hydrogen-bond donors (Lipinski definition) is 3. The number of aliphatic carboxylic acids is 1. The van der Waals surface area contributed by atoms with Crippen molar-refractivity contribution in [3.63, 3.8) is 0 Å². The Labute approximate surface area is 495 Å². The first-order valence-corrected chi connectivity index (χ1v) is 27.5. The molecule has 24 heteroatoms. The Hall–Kier alpha value is -9.74. The van der Waals surface area contributed by atoms with Gasteiger partial charge in [-0.15, -0.1) is 10.2 Å². The van der Waals surface area contributed by atoms with Gasteiger partial charge in [0.1, 0.15) is 29.7 Å². The molecule has 0 unspecified atom stereocenters. The second-order valence-electron chi connectivity index (χ2n) is 18.8. The number of anilines is 2. The number of fused-ring (bicyclic) bond motifs is 2. The van der Waals surface area contributed by atoms with Crippen LogP contribution in [-0.4, -0.2) is 99.3 Å². The number of esters is 1. The second kappa shape index (κ2) is 29.3. The van der Waals surface area contributed by atoms with Gasteiger partial charge in [-0.25, -0.2) is 28.7 Å². The topological polar surface area (TPSA) is 253 Å². The van der Waals surface area contributed by atoms with Gasteiger partial charge in [-0.05, 0) is 157 Å². The third kappa shape index (κ3) is 15.0. The summed E-state index contributed by atoms with van der Waals surface area (Å²) in [5, 5.41) is 19.4. The van der Waals surface area contributed by atoms with Crippen LogP contribution in [0.15, 0.2) is 87.4 Å². The molecule has 22 nitrogen and oxygen atoms in total. The number of carbonyl (C=O) groups excluding carboxylic acids is 2. The number of nitrogens with one attached hydrogen (secondary N) is 2. The van der Waals surface area contributed by atoms with Gasteiger partial charge in [-0.1, -0.05) is 32.0 Å². The maximum Gasteiger partial charge on any atom is 0.305 e. The lowest BCUT2D eigenvalue weighted by Crippen LogP contribution is -2.32. The van der Waals surface area contributed by atoms with E-state index in [0.717, 1.165) is 54.4 Å². The van der Waals surface area contributed by atoms with E-state index in [9.17, 15) is 19.2 Å². The minimum absolute atomic E-state index is 0.0419. The molecule has 434 valence electrons. The first-order chi connectivity index (χ1) is 40.2. The number of carbonyl (C=O) groups is 3. The number of methoxy groups -OCH3 is 1. The van der Waals surface area contributed by atoms with E-state index in [-0.39, 0.29) is 36.0 Å². The zero-order valence-electron chi connectivity index (χ0n) is 48.2. The minimum atomic E-state index is -0.833. The molecule has 8 aromatic rings. The van der Waals surface area contributed by atoms with E-state index >= 15 is 0 Å². The van der Waals surface area contributed by atoms with E-state index in [1.807, 2.05) is 77.9 Å². The number of hydrogen-bond acceptors (Lipinski definition) is 15. The lowest BCUT2D eigenvalue weighted by atomic mass is 10.0. The number of carboxylic acid groups (broad SMARTS) is 1. The molecule has 1 aliphatic rings. The van der Waals surface area contributed by atoms with Gasteiger partial charge in [0, 0.05) is 37.6 Å². The molecule has 1 fully saturated rings. The van der Waals surface area contributed by atoms with Crippen molar-refractivity contribution < 1.29 is 33.7 Å². The Bertz CT molecular complexity index is 4050. The number of nitrogens with zero attached hydrogens (tertiary/aromatic N) is 11. The molecule has 1 saturated heterocycles. The van der Waals surface area contributed by atoms with Crippen LogP contribution in [0.2, 0.25) is 0 Å². The summed E-state index contributed by atoms with van der Waals surface area (Å²) < 4.78 is 19.6. The second-order valence-corrected chi connectivity index (χ2v) is 19.3. The van der Waals surface area contributed by atoms with Crippen LogP contribution in [0.1, 0.15) is 93.6 Å². The van der Waals surface area contributed by atoms with Gasteiger partial charge in [0.15, 0.2) is 39.2 Å². The van der Waals surface area contributed by atoms with E-state index in [0.29, 0.717) is 116 Å². The van der Waals surface area contributed by atoms with Gasteiger partial charge in [0.05, 0.1) is 66.8 Å². The quantitative estimate of drug-likeness (QED) is 0.0352. The summed E-state index contributed by atoms with van der Waals surface area (Å²) in [5.41, 5.74) is 8.63. The molecular formula is C60H63N13O9S2. The zero-order chi connectivity index (χ0) is 61.4. The molecule has 5 heterocycles. The minimum Gasteiger partial charge on any atom is -0.493 e. The number of aliphatic imine (C=N–C) groups is 1. The lowest BCUT2D eigenvalue weighted by Gasteiger charge is -2.22. The number of isothiocyanates is 1. The predicted octanol–water partition coefficient (Wildman–Crippen LogP) is 11.0. The number of thiocarbonyl (C=S) groups is 2. The predicted molar refractivity (Wildman–Crippen MR) is 329 cm³/mol. The number of amides is 1. The molecule has 84 heavy (non-hydrogen) atoms. The SMILES string of the molecule is CC(=O)O.CCCc1nc(C)c2c(=O)[nH]c(-c3cc(CCC(=O)OC)ccc3OCC)nn12.[C-]#[N+]c1ccc(N2C(=O)CN(c3ccc(OCC)c(-c4nn5c(CCC)nc(C)c5c(=O)[nH]4)c3)C2=S)cc1C.[C-]#[N+]c1ccc(N=C=S)cc1C. The lowest BCUT2D eigenvalue weighted by molar-refractivity contribution is -0.140. The van der Waals surface area contributed by atoms with Gasteiger partial charge in [-0.3, -0.25) is 28.9 Å². The summed E-state index contributed by atoms with van der Waals surface area (Å²) in [6.45, 7) is 31.3. The van der Waals surface area contributed by atoms with Crippen LogP contribution in [-0.2, 0) is 38.4 Å². The highest BCUT2D eigenvalue weighted by molar-refractivity contribution is 7.81. The zero-order valence-corrected chi connectivity index (χ0v) is 49.9. The van der Waals surface area contributed by atoms with Gasteiger partial charge in [0.25, 0.3) is 23.0 Å². The van der Waals surface area contributed by atoms with E-state index in [1.165, 1.54) is 12.0 Å². The number of aromatic amines is 2. The van der Waals surface area contributed by atoms with Gasteiger partial charge < -0.3 is 34.2 Å². The van der Waals surface area contributed by atoms with Crippen molar-refractivity contribution in [2.75, 3.05) is 36.7 Å². The van der Waals surface area contributed by atoms with Crippen LogP contribution in [0, 0.1) is 40.8 Å². The summed E-state index contributed by atoms with van der Waals surface area (Å²) in [7, 11) is 1.37. The summed E-state index contributed by atoms with van der Waals surface area (Å²) >= 11 is 10.2. The van der Waals surface area contributed by atoms with Crippen LogP contribution in [0.4, 0.5) is 28.4 Å². The average molecular weight is 1170 g/mol. The largest absolute Gasteiger partial charge is 0.493 e. The maximum atomic E-state index is 13.1. The fourth-order valence-corrected chi connectivity index (χ4v) is 9.42. The smallest absolute Gasteiger partial charge is 0.305 e. The number of imidazole rings is 2. The third-order valence-electron chi connectivity index (χ3n) is 12.7. The summed E-state index contributed by atoms with van der Waals surface area (Å²) in [6, 6.07) is 21.5. The van der Waals surface area contributed by atoms with Crippen molar-refractivity contribution in [3.05, 3.63) is 156 Å². The van der Waals surface area contributed by atoms with E-state index in [1.54, 1.807) is 57.3 Å². The summed E-state index contributed by atoms with van der Waals surface area (Å²) in [4.78, 5) is 88.1. The van der Waals surface area contributed by atoms with Crippen LogP contribution < -0.4 is 30.4 Å². The first-order valence-electron chi connectivity index (χ1n) is 26.7. The number of H-pyrrole nitrogens is 2. The summed E-state index contributed by atoms with van der Waals surface area (Å²) in [5.74, 6) is 2.07. The highest BCUT2D eigenvalue weighted by Gasteiger charge is 2.35. The molecule has 0 saturated carbocycles.